The van der Waals surface area contributed by atoms with Crippen LogP contribution in [0.15, 0.2) is 12.4 Å². The van der Waals surface area contributed by atoms with Gasteiger partial charge >= 0.3 is 0 Å². The van der Waals surface area contributed by atoms with Gasteiger partial charge in [0.25, 0.3) is 0 Å². The Morgan fingerprint density at radius 1 is 1.60 bits per heavy atom. The van der Waals surface area contributed by atoms with Gasteiger partial charge in [0.1, 0.15) is 0 Å². The summed E-state index contributed by atoms with van der Waals surface area (Å²) >= 11 is 1.90. The predicted octanol–water partition coefficient (Wildman–Crippen LogP) is 0.397. The molecule has 1 aromatic heterocycles. The summed E-state index contributed by atoms with van der Waals surface area (Å²) < 4.78 is 0. The molecule has 1 aromatic rings. The van der Waals surface area contributed by atoms with Crippen molar-refractivity contribution < 1.29 is 4.79 Å². The number of aromatic amines is 1. The molecule has 0 spiro atoms. The van der Waals surface area contributed by atoms with Crippen LogP contribution in [0.1, 0.15) is 0 Å². The number of carbonyl (C=O) groups is 1. The molecule has 2 N–H and O–H groups in total. The topological polar surface area (TPSA) is 61.0 Å². The Balaban J connectivity index is 1.76. The molecule has 0 aromatic carbocycles. The second-order valence-corrected chi connectivity index (χ2v) is 4.51. The van der Waals surface area contributed by atoms with E-state index < -0.39 is 0 Å². The van der Waals surface area contributed by atoms with Crippen molar-refractivity contribution in [2.24, 2.45) is 0 Å². The fraction of sp³-hybridized carbons (Fsp3) is 0.556. The summed E-state index contributed by atoms with van der Waals surface area (Å²) in [4.78, 5) is 20.5. The lowest BCUT2D eigenvalue weighted by Crippen LogP contribution is -2.41. The van der Waals surface area contributed by atoms with Gasteiger partial charge < -0.3 is 15.2 Å². The summed E-state index contributed by atoms with van der Waals surface area (Å²) in [7, 11) is 0. The molecule has 82 valence electrons. The van der Waals surface area contributed by atoms with Crippen LogP contribution in [-0.2, 0) is 4.79 Å². The van der Waals surface area contributed by atoms with Crippen molar-refractivity contribution in [2.75, 3.05) is 36.5 Å². The Hall–Kier alpha value is -1.17. The van der Waals surface area contributed by atoms with E-state index in [4.69, 9.17) is 0 Å². The summed E-state index contributed by atoms with van der Waals surface area (Å²) in [6.45, 7) is 2.05. The number of H-pyrrole nitrogens is 1. The molecular weight excluding hydrogens is 212 g/mol. The van der Waals surface area contributed by atoms with Gasteiger partial charge in [0, 0.05) is 37.0 Å². The van der Waals surface area contributed by atoms with Gasteiger partial charge in [-0.3, -0.25) is 4.79 Å². The van der Waals surface area contributed by atoms with Gasteiger partial charge in [-0.05, 0) is 0 Å². The molecule has 0 radical (unpaired) electrons. The molecule has 1 aliphatic heterocycles. The zero-order valence-electron chi connectivity index (χ0n) is 8.40. The molecule has 2 heterocycles. The summed E-state index contributed by atoms with van der Waals surface area (Å²) in [6.07, 6.45) is 3.38. The Kier molecular flexibility index (Phi) is 3.49. The second kappa shape index (κ2) is 5.06. The Bertz CT molecular complexity index is 308. The number of hydrogen-bond donors (Lipinski definition) is 2. The first-order chi connectivity index (χ1) is 7.36. The van der Waals surface area contributed by atoms with E-state index in [2.05, 4.69) is 15.3 Å². The normalized spacial score (nSPS) is 16.4. The lowest BCUT2D eigenvalue weighted by molar-refractivity contribution is -0.128. The molecule has 0 bridgehead atoms. The van der Waals surface area contributed by atoms with Crippen LogP contribution in [0.5, 0.6) is 0 Å². The number of anilines is 1. The average molecular weight is 226 g/mol. The van der Waals surface area contributed by atoms with Crippen molar-refractivity contribution in [2.45, 2.75) is 0 Å². The van der Waals surface area contributed by atoms with E-state index in [0.717, 1.165) is 24.6 Å². The van der Waals surface area contributed by atoms with Crippen molar-refractivity contribution in [1.82, 2.24) is 14.9 Å². The van der Waals surface area contributed by atoms with Crippen LogP contribution in [0, 0.1) is 0 Å². The highest BCUT2D eigenvalue weighted by Gasteiger charge is 2.16. The van der Waals surface area contributed by atoms with E-state index in [-0.39, 0.29) is 5.91 Å². The third-order valence-corrected chi connectivity index (χ3v) is 3.21. The van der Waals surface area contributed by atoms with Gasteiger partial charge in [-0.15, -0.1) is 0 Å². The van der Waals surface area contributed by atoms with Crippen molar-refractivity contribution in [3.63, 3.8) is 0 Å². The van der Waals surface area contributed by atoms with Gasteiger partial charge in [0.05, 0.1) is 6.54 Å². The third-order valence-electron chi connectivity index (χ3n) is 2.27. The highest BCUT2D eigenvalue weighted by Crippen LogP contribution is 2.09. The number of carbonyl (C=O) groups excluding carboxylic acids is 1. The molecule has 0 aliphatic carbocycles. The largest absolute Gasteiger partial charge is 0.347 e. The number of nitrogens with one attached hydrogen (secondary N) is 2. The number of aromatic nitrogens is 2. The molecule has 0 atom stereocenters. The molecule has 6 heteroatoms. The van der Waals surface area contributed by atoms with Crippen molar-refractivity contribution in [1.29, 1.82) is 0 Å². The average Bonchev–Trinajstić information content (AvgIpc) is 2.80. The van der Waals surface area contributed by atoms with Gasteiger partial charge in [0.15, 0.2) is 0 Å². The van der Waals surface area contributed by atoms with E-state index in [1.165, 1.54) is 0 Å². The quantitative estimate of drug-likeness (QED) is 0.783. The first-order valence-corrected chi connectivity index (χ1v) is 6.10. The van der Waals surface area contributed by atoms with Gasteiger partial charge in [-0.2, -0.15) is 11.8 Å². The van der Waals surface area contributed by atoms with E-state index in [1.54, 1.807) is 12.4 Å². The lowest BCUT2D eigenvalue weighted by Gasteiger charge is -2.26. The van der Waals surface area contributed by atoms with Crippen LogP contribution in [0.2, 0.25) is 0 Å². The fourth-order valence-electron chi connectivity index (χ4n) is 1.45. The molecule has 0 saturated carbocycles. The maximum absolute atomic E-state index is 11.7. The number of thioether (sulfide) groups is 1. The van der Waals surface area contributed by atoms with E-state index in [1.807, 2.05) is 16.7 Å². The second-order valence-electron chi connectivity index (χ2n) is 3.28. The minimum atomic E-state index is 0.145. The first kappa shape index (κ1) is 10.4. The van der Waals surface area contributed by atoms with Gasteiger partial charge in [-0.1, -0.05) is 0 Å². The maximum atomic E-state index is 11.7. The van der Waals surface area contributed by atoms with E-state index in [0.29, 0.717) is 12.5 Å². The number of nitrogens with zero attached hydrogens (tertiary/aromatic N) is 2. The molecule has 15 heavy (non-hydrogen) atoms. The molecule has 2 rings (SSSR count). The Morgan fingerprint density at radius 3 is 3.07 bits per heavy atom. The molecule has 1 aliphatic rings. The van der Waals surface area contributed by atoms with Crippen LogP contribution >= 0.6 is 11.8 Å². The van der Waals surface area contributed by atoms with E-state index >= 15 is 0 Å². The Morgan fingerprint density at radius 2 is 2.40 bits per heavy atom. The monoisotopic (exact) mass is 226 g/mol. The third kappa shape index (κ3) is 2.89. The molecule has 0 unspecified atom stereocenters. The van der Waals surface area contributed by atoms with Gasteiger partial charge in [-0.25, -0.2) is 4.98 Å². The molecule has 5 nitrogen and oxygen atoms in total. The Labute approximate surface area is 92.6 Å². The lowest BCUT2D eigenvalue weighted by atomic mass is 10.4. The minimum absolute atomic E-state index is 0.145. The summed E-state index contributed by atoms with van der Waals surface area (Å²) in [5.41, 5.74) is 0. The van der Waals surface area contributed by atoms with Gasteiger partial charge in [0.2, 0.25) is 11.9 Å². The number of amides is 1. The summed E-state index contributed by atoms with van der Waals surface area (Å²) in [5, 5.41) is 2.96. The number of hydrogen-bond acceptors (Lipinski definition) is 4. The maximum Gasteiger partial charge on any atom is 0.242 e. The highest BCUT2D eigenvalue weighted by atomic mass is 32.2. The minimum Gasteiger partial charge on any atom is -0.347 e. The fourth-order valence-corrected chi connectivity index (χ4v) is 2.35. The summed E-state index contributed by atoms with van der Waals surface area (Å²) in [5.74, 6) is 2.89. The van der Waals surface area contributed by atoms with Crippen LogP contribution in [0.4, 0.5) is 5.95 Å². The standard InChI is InChI=1S/C9H14N4OS/c14-8(13-3-5-15-6-4-13)7-12-9-10-1-2-11-9/h1-2H,3-7H2,(H2,10,11,12). The van der Waals surface area contributed by atoms with Crippen LogP contribution in [-0.4, -0.2) is 51.9 Å². The molecule has 1 amide bonds. The number of rotatable bonds is 3. The smallest absolute Gasteiger partial charge is 0.242 e. The molecular formula is C9H14N4OS. The zero-order valence-corrected chi connectivity index (χ0v) is 9.22. The highest BCUT2D eigenvalue weighted by molar-refractivity contribution is 7.99. The van der Waals surface area contributed by atoms with Crippen molar-refractivity contribution in [3.05, 3.63) is 12.4 Å². The van der Waals surface area contributed by atoms with Crippen molar-refractivity contribution in [3.8, 4) is 0 Å². The van der Waals surface area contributed by atoms with Crippen molar-refractivity contribution >= 4 is 23.6 Å². The van der Waals surface area contributed by atoms with Crippen LogP contribution in [0.25, 0.3) is 0 Å². The predicted molar refractivity (Wildman–Crippen MR) is 61.0 cm³/mol. The summed E-state index contributed by atoms with van der Waals surface area (Å²) in [6, 6.07) is 0. The van der Waals surface area contributed by atoms with E-state index in [9.17, 15) is 4.79 Å². The van der Waals surface area contributed by atoms with Crippen LogP contribution in [0.3, 0.4) is 0 Å². The SMILES string of the molecule is O=C(CNc1ncc[nH]1)N1CCSCC1. The first-order valence-electron chi connectivity index (χ1n) is 4.95. The zero-order chi connectivity index (χ0) is 10.5. The molecule has 1 fully saturated rings. The van der Waals surface area contributed by atoms with Crippen LogP contribution < -0.4 is 5.32 Å². The number of imidazole rings is 1. The molecule has 1 saturated heterocycles.